The van der Waals surface area contributed by atoms with Crippen molar-refractivity contribution in [2.24, 2.45) is 5.73 Å². The topological polar surface area (TPSA) is 35.2 Å². The van der Waals surface area contributed by atoms with E-state index in [4.69, 9.17) is 22.1 Å². The molecule has 0 aliphatic carbocycles. The molecule has 2 aromatic rings. The summed E-state index contributed by atoms with van der Waals surface area (Å²) in [6, 6.07) is 13.6. The van der Waals surface area contributed by atoms with E-state index in [9.17, 15) is 0 Å². The fourth-order valence-corrected chi connectivity index (χ4v) is 2.50. The van der Waals surface area contributed by atoms with E-state index in [1.807, 2.05) is 43.3 Å². The SMILES string of the molecule is CCCOc1ccccc1C(N)c1cc(C)cc(Cl)c1. The van der Waals surface area contributed by atoms with Crippen molar-refractivity contribution in [3.8, 4) is 5.75 Å². The fraction of sp³-hybridized carbons (Fsp3) is 0.294. The molecule has 0 saturated carbocycles. The minimum atomic E-state index is -0.236. The first kappa shape index (κ1) is 14.9. The van der Waals surface area contributed by atoms with Crippen LogP contribution in [0.1, 0.15) is 36.1 Å². The Labute approximate surface area is 125 Å². The Bertz CT molecular complexity index is 563. The van der Waals surface area contributed by atoms with E-state index >= 15 is 0 Å². The summed E-state index contributed by atoms with van der Waals surface area (Å²) in [5.41, 5.74) is 9.49. The number of rotatable bonds is 5. The van der Waals surface area contributed by atoms with Crippen LogP contribution in [0.4, 0.5) is 0 Å². The van der Waals surface area contributed by atoms with Crippen molar-refractivity contribution in [3.63, 3.8) is 0 Å². The lowest BCUT2D eigenvalue weighted by molar-refractivity contribution is 0.313. The minimum absolute atomic E-state index is 0.236. The van der Waals surface area contributed by atoms with Gasteiger partial charge in [0.15, 0.2) is 0 Å². The molecule has 106 valence electrons. The molecule has 0 spiro atoms. The van der Waals surface area contributed by atoms with Crippen LogP contribution >= 0.6 is 11.6 Å². The van der Waals surface area contributed by atoms with Crippen molar-refractivity contribution < 1.29 is 4.74 Å². The van der Waals surface area contributed by atoms with Crippen molar-refractivity contribution in [2.75, 3.05) is 6.61 Å². The average molecular weight is 290 g/mol. The number of hydrogen-bond donors (Lipinski definition) is 1. The molecule has 1 atom stereocenters. The third-order valence-electron chi connectivity index (χ3n) is 3.14. The van der Waals surface area contributed by atoms with E-state index in [1.54, 1.807) is 0 Å². The Balaban J connectivity index is 2.34. The zero-order valence-corrected chi connectivity index (χ0v) is 12.7. The van der Waals surface area contributed by atoms with E-state index in [1.165, 1.54) is 0 Å². The number of hydrogen-bond acceptors (Lipinski definition) is 2. The van der Waals surface area contributed by atoms with Gasteiger partial charge >= 0.3 is 0 Å². The van der Waals surface area contributed by atoms with E-state index in [0.717, 1.165) is 28.9 Å². The lowest BCUT2D eigenvalue weighted by atomic mass is 9.97. The van der Waals surface area contributed by atoms with Crippen molar-refractivity contribution in [2.45, 2.75) is 26.3 Å². The first-order valence-electron chi connectivity index (χ1n) is 6.86. The summed E-state index contributed by atoms with van der Waals surface area (Å²) in [6.07, 6.45) is 0.972. The number of para-hydroxylation sites is 1. The molecule has 0 bridgehead atoms. The molecule has 0 amide bonds. The highest BCUT2D eigenvalue weighted by molar-refractivity contribution is 6.30. The number of benzene rings is 2. The second-order valence-electron chi connectivity index (χ2n) is 4.93. The Morgan fingerprint density at radius 2 is 1.95 bits per heavy atom. The molecule has 2 N–H and O–H groups in total. The summed E-state index contributed by atoms with van der Waals surface area (Å²) in [5.74, 6) is 0.847. The number of aryl methyl sites for hydroxylation is 1. The normalized spacial score (nSPS) is 12.2. The maximum atomic E-state index is 6.39. The third kappa shape index (κ3) is 3.53. The van der Waals surface area contributed by atoms with E-state index in [2.05, 4.69) is 13.0 Å². The molecule has 1 unspecified atom stereocenters. The van der Waals surface area contributed by atoms with Crippen LogP contribution in [0.25, 0.3) is 0 Å². The van der Waals surface area contributed by atoms with Gasteiger partial charge in [-0.15, -0.1) is 0 Å². The van der Waals surface area contributed by atoms with Crippen LogP contribution in [0.2, 0.25) is 5.02 Å². The quantitative estimate of drug-likeness (QED) is 0.880. The maximum absolute atomic E-state index is 6.39. The molecule has 0 saturated heterocycles. The zero-order chi connectivity index (χ0) is 14.5. The van der Waals surface area contributed by atoms with E-state index < -0.39 is 0 Å². The summed E-state index contributed by atoms with van der Waals surface area (Å²) in [6.45, 7) is 4.79. The van der Waals surface area contributed by atoms with Crippen LogP contribution in [0.3, 0.4) is 0 Å². The summed E-state index contributed by atoms with van der Waals surface area (Å²) >= 11 is 6.12. The molecule has 2 aromatic carbocycles. The lowest BCUT2D eigenvalue weighted by Gasteiger charge is -2.18. The van der Waals surface area contributed by atoms with Gasteiger partial charge in [-0.25, -0.2) is 0 Å². The van der Waals surface area contributed by atoms with Crippen molar-refractivity contribution in [3.05, 3.63) is 64.2 Å². The summed E-state index contributed by atoms with van der Waals surface area (Å²) in [7, 11) is 0. The van der Waals surface area contributed by atoms with Crippen LogP contribution in [-0.2, 0) is 0 Å². The zero-order valence-electron chi connectivity index (χ0n) is 11.9. The van der Waals surface area contributed by atoms with Crippen LogP contribution in [0.5, 0.6) is 5.75 Å². The summed E-state index contributed by atoms with van der Waals surface area (Å²) in [5, 5.41) is 0.711. The largest absolute Gasteiger partial charge is 0.493 e. The van der Waals surface area contributed by atoms with Gasteiger partial charge in [-0.05, 0) is 42.7 Å². The van der Waals surface area contributed by atoms with Gasteiger partial charge in [0.05, 0.1) is 12.6 Å². The van der Waals surface area contributed by atoms with Gasteiger partial charge in [-0.3, -0.25) is 0 Å². The molecule has 2 rings (SSSR count). The van der Waals surface area contributed by atoms with E-state index in [-0.39, 0.29) is 6.04 Å². The van der Waals surface area contributed by atoms with Crippen LogP contribution in [0, 0.1) is 6.92 Å². The minimum Gasteiger partial charge on any atom is -0.493 e. The molecule has 0 fully saturated rings. The van der Waals surface area contributed by atoms with Crippen LogP contribution in [0.15, 0.2) is 42.5 Å². The van der Waals surface area contributed by atoms with Crippen molar-refractivity contribution in [1.82, 2.24) is 0 Å². The monoisotopic (exact) mass is 289 g/mol. The van der Waals surface area contributed by atoms with Gasteiger partial charge < -0.3 is 10.5 Å². The summed E-state index contributed by atoms with van der Waals surface area (Å²) in [4.78, 5) is 0. The predicted molar refractivity (Wildman–Crippen MR) is 84.4 cm³/mol. The van der Waals surface area contributed by atoms with Gasteiger partial charge in [-0.1, -0.05) is 42.8 Å². The molecular formula is C17H20ClNO. The molecule has 0 aliphatic heterocycles. The maximum Gasteiger partial charge on any atom is 0.124 e. The van der Waals surface area contributed by atoms with Crippen LogP contribution in [-0.4, -0.2) is 6.61 Å². The molecule has 3 heteroatoms. The highest BCUT2D eigenvalue weighted by Crippen LogP contribution is 2.30. The molecule has 0 heterocycles. The van der Waals surface area contributed by atoms with Gasteiger partial charge in [0.1, 0.15) is 5.75 Å². The van der Waals surface area contributed by atoms with Crippen molar-refractivity contribution in [1.29, 1.82) is 0 Å². The van der Waals surface area contributed by atoms with Gasteiger partial charge in [0.25, 0.3) is 0 Å². The first-order chi connectivity index (χ1) is 9.61. The Morgan fingerprint density at radius 3 is 2.65 bits per heavy atom. The van der Waals surface area contributed by atoms with Gasteiger partial charge in [-0.2, -0.15) is 0 Å². The number of ether oxygens (including phenoxy) is 1. The Kier molecular flexibility index (Phi) is 5.05. The molecular weight excluding hydrogens is 270 g/mol. The predicted octanol–water partition coefficient (Wildman–Crippen LogP) is 4.49. The smallest absolute Gasteiger partial charge is 0.124 e. The van der Waals surface area contributed by atoms with E-state index in [0.29, 0.717) is 11.6 Å². The fourth-order valence-electron chi connectivity index (χ4n) is 2.20. The molecule has 0 aliphatic rings. The molecule has 2 nitrogen and oxygen atoms in total. The average Bonchev–Trinajstić information content (AvgIpc) is 2.43. The van der Waals surface area contributed by atoms with Crippen LogP contribution < -0.4 is 10.5 Å². The molecule has 20 heavy (non-hydrogen) atoms. The second kappa shape index (κ2) is 6.78. The number of halogens is 1. The number of nitrogens with two attached hydrogens (primary N) is 1. The van der Waals surface area contributed by atoms with Gasteiger partial charge in [0, 0.05) is 10.6 Å². The first-order valence-corrected chi connectivity index (χ1v) is 7.24. The molecule has 0 aromatic heterocycles. The second-order valence-corrected chi connectivity index (χ2v) is 5.36. The molecule has 0 radical (unpaired) electrons. The highest BCUT2D eigenvalue weighted by atomic mass is 35.5. The highest BCUT2D eigenvalue weighted by Gasteiger charge is 2.14. The standard InChI is InChI=1S/C17H20ClNO/c1-3-8-20-16-7-5-4-6-15(16)17(19)13-9-12(2)10-14(18)11-13/h4-7,9-11,17H,3,8,19H2,1-2H3. The summed E-state index contributed by atoms with van der Waals surface area (Å²) < 4.78 is 5.78. The Morgan fingerprint density at radius 1 is 1.20 bits per heavy atom. The lowest BCUT2D eigenvalue weighted by Crippen LogP contribution is -2.14. The Hall–Kier alpha value is -1.51. The third-order valence-corrected chi connectivity index (χ3v) is 3.36. The van der Waals surface area contributed by atoms with Gasteiger partial charge in [0.2, 0.25) is 0 Å². The van der Waals surface area contributed by atoms with Crippen molar-refractivity contribution >= 4 is 11.6 Å².